The first kappa shape index (κ1) is 18.4. The summed E-state index contributed by atoms with van der Waals surface area (Å²) >= 11 is 10.5. The minimum Gasteiger partial charge on any atom is -0.316 e. The lowest BCUT2D eigenvalue weighted by Crippen LogP contribution is -2.17. The average molecular weight is 458 g/mol. The molecule has 25 heavy (non-hydrogen) atoms. The Balaban J connectivity index is 2.10. The monoisotopic (exact) mass is 456 g/mol. The van der Waals surface area contributed by atoms with Gasteiger partial charge in [0.2, 0.25) is 4.80 Å². The van der Waals surface area contributed by atoms with Gasteiger partial charge in [-0.25, -0.2) is 0 Å². The van der Waals surface area contributed by atoms with Gasteiger partial charge in [-0.05, 0) is 48.9 Å². The Morgan fingerprint density at radius 1 is 1.12 bits per heavy atom. The Hall–Kier alpha value is -1.41. The van der Waals surface area contributed by atoms with Crippen molar-refractivity contribution in [1.29, 1.82) is 0 Å². The molecule has 0 unspecified atom stereocenters. The maximum atomic E-state index is 12.5. The zero-order valence-corrected chi connectivity index (χ0v) is 17.2. The van der Waals surface area contributed by atoms with Crippen LogP contribution in [0.2, 0.25) is 5.02 Å². The number of rotatable bonds is 4. The summed E-state index contributed by atoms with van der Waals surface area (Å²) in [6.45, 7) is 2.58. The Labute approximate surface area is 163 Å². The van der Waals surface area contributed by atoms with E-state index in [1.54, 1.807) is 12.1 Å². The van der Waals surface area contributed by atoms with Crippen molar-refractivity contribution >= 4 is 48.9 Å². The van der Waals surface area contributed by atoms with Gasteiger partial charge in [-0.3, -0.25) is 0 Å². The van der Waals surface area contributed by atoms with Crippen LogP contribution >= 0.6 is 38.9 Å². The third kappa shape index (κ3) is 4.06. The number of sulfonamides is 1. The van der Waals surface area contributed by atoms with E-state index in [4.69, 9.17) is 11.6 Å². The van der Waals surface area contributed by atoms with Gasteiger partial charge in [0.15, 0.2) is 0 Å². The molecule has 0 bridgehead atoms. The van der Waals surface area contributed by atoms with E-state index in [2.05, 4.69) is 20.3 Å². The number of hydrogen-bond donors (Lipinski definition) is 0. The molecule has 0 fully saturated rings. The highest BCUT2D eigenvalue weighted by Gasteiger charge is 2.14. The number of aromatic nitrogens is 1. The van der Waals surface area contributed by atoms with E-state index in [0.29, 0.717) is 16.4 Å². The molecule has 0 amide bonds. The molecule has 1 aromatic heterocycles. The molecule has 3 aromatic rings. The van der Waals surface area contributed by atoms with E-state index >= 15 is 0 Å². The zero-order chi connectivity index (χ0) is 18.0. The molecule has 0 aliphatic rings. The molecule has 3 rings (SSSR count). The van der Waals surface area contributed by atoms with Crippen LogP contribution in [-0.2, 0) is 16.6 Å². The Bertz CT molecular complexity index is 1050. The minimum atomic E-state index is -3.79. The number of halogens is 2. The van der Waals surface area contributed by atoms with Crippen molar-refractivity contribution in [3.8, 4) is 11.3 Å². The predicted octanol–water partition coefficient (Wildman–Crippen LogP) is 4.94. The van der Waals surface area contributed by atoms with Crippen LogP contribution in [-0.4, -0.2) is 13.0 Å². The van der Waals surface area contributed by atoms with Gasteiger partial charge < -0.3 is 4.57 Å². The third-order valence-corrected chi connectivity index (χ3v) is 6.60. The number of nitrogens with zero attached hydrogens (tertiary/aromatic N) is 2. The maximum Gasteiger partial charge on any atom is 0.285 e. The molecule has 0 aliphatic carbocycles. The van der Waals surface area contributed by atoms with E-state index < -0.39 is 10.0 Å². The van der Waals surface area contributed by atoms with E-state index in [0.717, 1.165) is 15.7 Å². The molecule has 1 heterocycles. The van der Waals surface area contributed by atoms with Crippen LogP contribution in [0, 0.1) is 0 Å². The summed E-state index contributed by atoms with van der Waals surface area (Å²) in [6, 6.07) is 13.9. The molecular formula is C17H14BrClN2O2S2. The topological polar surface area (TPSA) is 51.4 Å². The second kappa shape index (κ2) is 7.45. The zero-order valence-electron chi connectivity index (χ0n) is 13.2. The first-order valence-electron chi connectivity index (χ1n) is 7.41. The molecule has 0 spiro atoms. The summed E-state index contributed by atoms with van der Waals surface area (Å²) in [5, 5.41) is 2.40. The summed E-state index contributed by atoms with van der Waals surface area (Å²) in [5.41, 5.74) is 1.94. The van der Waals surface area contributed by atoms with Gasteiger partial charge in [0.1, 0.15) is 0 Å². The SMILES string of the molecule is CCn1c(-c2ccc(Br)cc2)cs/c1=N/S(=O)(=O)c1ccc(Cl)cc1. The molecule has 130 valence electrons. The predicted molar refractivity (Wildman–Crippen MR) is 105 cm³/mol. The second-order valence-electron chi connectivity index (χ2n) is 5.17. The quantitative estimate of drug-likeness (QED) is 0.557. The van der Waals surface area contributed by atoms with Gasteiger partial charge in [0.25, 0.3) is 10.0 Å². The van der Waals surface area contributed by atoms with Crippen LogP contribution < -0.4 is 4.80 Å². The number of thiazole rings is 1. The molecule has 4 nitrogen and oxygen atoms in total. The van der Waals surface area contributed by atoms with Crippen molar-refractivity contribution in [2.75, 3.05) is 0 Å². The fourth-order valence-corrected chi connectivity index (χ4v) is 4.90. The number of hydrogen-bond acceptors (Lipinski definition) is 3. The van der Waals surface area contributed by atoms with Gasteiger partial charge in [0.05, 0.1) is 10.6 Å². The normalized spacial score (nSPS) is 12.5. The second-order valence-corrected chi connectivity index (χ2v) is 8.97. The molecule has 0 N–H and O–H groups in total. The first-order chi connectivity index (χ1) is 11.9. The van der Waals surface area contributed by atoms with Crippen molar-refractivity contribution in [2.45, 2.75) is 18.4 Å². The van der Waals surface area contributed by atoms with Crippen LogP contribution in [0.15, 0.2) is 67.7 Å². The molecule has 0 saturated carbocycles. The highest BCUT2D eigenvalue weighted by atomic mass is 79.9. The maximum absolute atomic E-state index is 12.5. The van der Waals surface area contributed by atoms with E-state index in [-0.39, 0.29) is 4.90 Å². The van der Waals surface area contributed by atoms with E-state index in [1.165, 1.54) is 23.5 Å². The molecular weight excluding hydrogens is 444 g/mol. The van der Waals surface area contributed by atoms with Crippen LogP contribution in [0.5, 0.6) is 0 Å². The lowest BCUT2D eigenvalue weighted by molar-refractivity contribution is 0.595. The van der Waals surface area contributed by atoms with Crippen LogP contribution in [0.3, 0.4) is 0 Å². The van der Waals surface area contributed by atoms with Gasteiger partial charge in [-0.1, -0.05) is 39.7 Å². The average Bonchev–Trinajstić information content (AvgIpc) is 2.98. The lowest BCUT2D eigenvalue weighted by atomic mass is 10.2. The van der Waals surface area contributed by atoms with Gasteiger partial charge in [-0.2, -0.15) is 8.42 Å². The van der Waals surface area contributed by atoms with Gasteiger partial charge in [0, 0.05) is 21.4 Å². The standard InChI is InChI=1S/C17H14BrClN2O2S2/c1-2-21-16(12-3-5-13(18)6-4-12)11-24-17(21)20-25(22,23)15-9-7-14(19)8-10-15/h3-11H,2H2,1H3/b20-17+. The minimum absolute atomic E-state index is 0.123. The van der Waals surface area contributed by atoms with Crippen LogP contribution in [0.4, 0.5) is 0 Å². The lowest BCUT2D eigenvalue weighted by Gasteiger charge is -2.06. The van der Waals surface area contributed by atoms with Gasteiger partial charge >= 0.3 is 0 Å². The van der Waals surface area contributed by atoms with Gasteiger partial charge in [-0.15, -0.1) is 15.7 Å². The van der Waals surface area contributed by atoms with E-state index in [1.807, 2.05) is 41.1 Å². The van der Waals surface area contributed by atoms with Crippen LogP contribution in [0.25, 0.3) is 11.3 Å². The van der Waals surface area contributed by atoms with Crippen molar-refractivity contribution in [1.82, 2.24) is 4.57 Å². The third-order valence-electron chi connectivity index (χ3n) is 3.56. The Morgan fingerprint density at radius 3 is 2.36 bits per heavy atom. The van der Waals surface area contributed by atoms with Crippen molar-refractivity contribution in [2.24, 2.45) is 4.40 Å². The largest absolute Gasteiger partial charge is 0.316 e. The summed E-state index contributed by atoms with van der Waals surface area (Å²) in [7, 11) is -3.79. The molecule has 2 aromatic carbocycles. The van der Waals surface area contributed by atoms with Crippen molar-refractivity contribution in [3.63, 3.8) is 0 Å². The fourth-order valence-electron chi connectivity index (χ4n) is 2.32. The molecule has 8 heteroatoms. The summed E-state index contributed by atoms with van der Waals surface area (Å²) < 4.78 is 32.0. The fraction of sp³-hybridized carbons (Fsp3) is 0.118. The summed E-state index contributed by atoms with van der Waals surface area (Å²) in [6.07, 6.45) is 0. The molecule has 0 saturated heterocycles. The highest BCUT2D eigenvalue weighted by Crippen LogP contribution is 2.23. The van der Waals surface area contributed by atoms with E-state index in [9.17, 15) is 8.42 Å². The Morgan fingerprint density at radius 2 is 1.76 bits per heavy atom. The van der Waals surface area contributed by atoms with Crippen LogP contribution in [0.1, 0.15) is 6.92 Å². The highest BCUT2D eigenvalue weighted by molar-refractivity contribution is 9.10. The molecule has 0 radical (unpaired) electrons. The molecule has 0 atom stereocenters. The summed E-state index contributed by atoms with van der Waals surface area (Å²) in [4.78, 5) is 0.563. The Kier molecular flexibility index (Phi) is 5.48. The smallest absolute Gasteiger partial charge is 0.285 e. The summed E-state index contributed by atoms with van der Waals surface area (Å²) in [5.74, 6) is 0. The van der Waals surface area contributed by atoms with Crippen molar-refractivity contribution in [3.05, 3.63) is 68.2 Å². The van der Waals surface area contributed by atoms with Crippen molar-refractivity contribution < 1.29 is 8.42 Å². The first-order valence-corrected chi connectivity index (χ1v) is 10.9. The molecule has 0 aliphatic heterocycles. The number of benzene rings is 2.